The van der Waals surface area contributed by atoms with E-state index in [1.165, 1.54) is 29.9 Å². The first-order chi connectivity index (χ1) is 63.3. The van der Waals surface area contributed by atoms with Crippen molar-refractivity contribution in [1.82, 2.24) is 58.0 Å². The van der Waals surface area contributed by atoms with Crippen LogP contribution in [0.25, 0.3) is 86.4 Å². The van der Waals surface area contributed by atoms with Crippen molar-refractivity contribution in [3.8, 4) is 5.75 Å². The summed E-state index contributed by atoms with van der Waals surface area (Å²) < 4.78 is 20.4. The maximum absolute atomic E-state index is 12.8. The third kappa shape index (κ3) is 21.5. The highest BCUT2D eigenvalue weighted by atomic mass is 16.5. The number of esters is 1. The number of carboxylic acids is 4. The Kier molecular flexibility index (Phi) is 28.7. The summed E-state index contributed by atoms with van der Waals surface area (Å²) in [7, 11) is 5.61. The molecule has 4 N–H and O–H groups in total. The Labute approximate surface area is 748 Å². The number of fused-ring (bicyclic) bond motifs is 8. The molecule has 0 amide bonds. The lowest BCUT2D eigenvalue weighted by Crippen LogP contribution is -2.29. The molecule has 0 fully saturated rings. The van der Waals surface area contributed by atoms with Gasteiger partial charge < -0.3 is 39.0 Å². The molecule has 0 saturated heterocycles. The molecule has 0 bridgehead atoms. The Morgan fingerprint density at radius 2 is 0.664 bits per heavy atom. The van der Waals surface area contributed by atoms with Crippen molar-refractivity contribution in [2.45, 2.75) is 105 Å². The number of hydrogen-bond acceptors (Lipinski definition) is 17. The number of methoxy groups -OCH3 is 1. The summed E-state index contributed by atoms with van der Waals surface area (Å²) in [5, 5.41) is 69.4. The normalized spacial score (nSPS) is 11.1. The van der Waals surface area contributed by atoms with Crippen molar-refractivity contribution in [3.05, 3.63) is 386 Å². The van der Waals surface area contributed by atoms with Crippen molar-refractivity contribution in [2.75, 3.05) is 13.7 Å². The van der Waals surface area contributed by atoms with E-state index in [4.69, 9.17) is 29.9 Å². The van der Waals surface area contributed by atoms with E-state index >= 15 is 0 Å². The second kappa shape index (κ2) is 41.4. The monoisotopic (exact) mass is 1750 g/mol. The van der Waals surface area contributed by atoms with Gasteiger partial charge in [0.25, 0.3) is 27.8 Å². The van der Waals surface area contributed by atoms with Crippen molar-refractivity contribution in [1.29, 1.82) is 0 Å². The van der Waals surface area contributed by atoms with Crippen molar-refractivity contribution in [2.24, 2.45) is 14.1 Å². The van der Waals surface area contributed by atoms with E-state index in [0.29, 0.717) is 64.7 Å². The fourth-order valence-corrected chi connectivity index (χ4v) is 16.2. The third-order valence-corrected chi connectivity index (χ3v) is 22.5. The van der Waals surface area contributed by atoms with Gasteiger partial charge >= 0.3 is 29.8 Å². The first-order valence-corrected chi connectivity index (χ1v) is 42.5. The molecule has 11 aromatic carbocycles. The number of carbonyl (C=O) groups is 5. The molecule has 0 aliphatic heterocycles. The average molecular weight is 1760 g/mol. The second-order valence-corrected chi connectivity index (χ2v) is 31.5. The molecule has 28 heteroatoms. The van der Waals surface area contributed by atoms with Gasteiger partial charge in [0.2, 0.25) is 0 Å². The topological polar surface area (TPSA) is 369 Å². The molecule has 0 unspecified atom stereocenters. The number of para-hydroxylation sites is 2. The minimum absolute atomic E-state index is 0.0457. The van der Waals surface area contributed by atoms with E-state index in [0.717, 1.165) is 121 Å². The van der Waals surface area contributed by atoms with E-state index in [-0.39, 0.29) is 79.8 Å². The van der Waals surface area contributed by atoms with Gasteiger partial charge in [0.1, 0.15) is 18.8 Å². The highest BCUT2D eigenvalue weighted by molar-refractivity contribution is 5.92. The van der Waals surface area contributed by atoms with E-state index in [1.54, 1.807) is 56.5 Å². The lowest BCUT2D eigenvalue weighted by Gasteiger charge is -2.12. The molecule has 0 aliphatic carbocycles. The molecule has 0 atom stereocenters. The van der Waals surface area contributed by atoms with Crippen LogP contribution in [0.3, 0.4) is 0 Å². The molecule has 18 aromatic rings. The van der Waals surface area contributed by atoms with Crippen LogP contribution in [-0.2, 0) is 108 Å². The molecule has 0 spiro atoms. The number of rotatable bonds is 25. The number of nitrogens with zero attached hydrogens (tertiary/aromatic N) is 12. The fourth-order valence-electron chi connectivity index (χ4n) is 16.2. The van der Waals surface area contributed by atoms with Gasteiger partial charge in [-0.15, -0.1) is 0 Å². The maximum Gasteiger partial charge on any atom is 0.327 e. The summed E-state index contributed by atoms with van der Waals surface area (Å²) in [5.74, 6) is -3.67. The number of aryl methyl sites for hydroxylation is 7. The van der Waals surface area contributed by atoms with Crippen LogP contribution < -0.4 is 32.5 Å². The first kappa shape index (κ1) is 90.8. The summed E-state index contributed by atoms with van der Waals surface area (Å²) in [6.45, 7) is 5.63. The van der Waals surface area contributed by atoms with Gasteiger partial charge in [-0.2, -0.15) is 25.5 Å². The number of aliphatic carboxylic acids is 4. The van der Waals surface area contributed by atoms with Gasteiger partial charge in [-0.1, -0.05) is 206 Å². The van der Waals surface area contributed by atoms with E-state index in [9.17, 15) is 47.9 Å². The van der Waals surface area contributed by atoms with E-state index < -0.39 is 36.4 Å². The van der Waals surface area contributed by atoms with E-state index in [1.807, 2.05) is 173 Å². The van der Waals surface area contributed by atoms with Gasteiger partial charge in [-0.05, 0) is 120 Å². The highest BCUT2D eigenvalue weighted by Gasteiger charge is 2.22. The molecule has 662 valence electrons. The quantitative estimate of drug-likeness (QED) is 0.0386. The van der Waals surface area contributed by atoms with Gasteiger partial charge in [-0.25, -0.2) is 23.4 Å². The van der Waals surface area contributed by atoms with Crippen LogP contribution in [0.5, 0.6) is 5.75 Å². The Balaban J connectivity index is 0.000000132. The molecule has 131 heavy (non-hydrogen) atoms. The number of carboxylic acid groups (broad SMARTS) is 4. The number of hydrogen-bond donors (Lipinski definition) is 4. The third-order valence-electron chi connectivity index (χ3n) is 22.5. The van der Waals surface area contributed by atoms with Crippen LogP contribution >= 0.6 is 0 Å². The zero-order valence-corrected chi connectivity index (χ0v) is 72.9. The van der Waals surface area contributed by atoms with Gasteiger partial charge in [-0.3, -0.25) is 47.9 Å². The molecule has 7 aromatic heterocycles. The zero-order chi connectivity index (χ0) is 92.5. The van der Waals surface area contributed by atoms with Gasteiger partial charge in [0, 0.05) is 107 Å². The van der Waals surface area contributed by atoms with Crippen molar-refractivity contribution >= 4 is 116 Å². The predicted molar refractivity (Wildman–Crippen MR) is 504 cm³/mol. The largest absolute Gasteiger partial charge is 0.497 e. The minimum atomic E-state index is -1.09. The van der Waals surface area contributed by atoms with Crippen LogP contribution in [0.1, 0.15) is 93.6 Å². The Morgan fingerprint density at radius 1 is 0.328 bits per heavy atom. The molecule has 0 aliphatic rings. The molecular weight excluding hydrogens is 1660 g/mol. The summed E-state index contributed by atoms with van der Waals surface area (Å²) in [6, 6.07) is 81.1. The van der Waals surface area contributed by atoms with Gasteiger partial charge in [0.05, 0.1) is 108 Å². The van der Waals surface area contributed by atoms with Crippen LogP contribution in [0.2, 0.25) is 0 Å². The zero-order valence-electron chi connectivity index (χ0n) is 72.9. The standard InChI is InChI=1S/C22H21N3O3.C22H18N2O3.C20H17N3O3.C20H20N2O3.C19H18N2O4/c1-3-28-21(26)14-25-22(27)18-10-5-4-9-17(18)19(23-25)12-15-13-24(2)20-11-7-6-8-16(15)20;25-21(26)12-13-24-22(27)19-11-4-3-10-18(19)20(23-24)14-16-8-5-7-15-6-1-2-9-17(15)16;1-22-11-13(14-6-4-5-9-18(14)22)10-17-15-7-2-3-8-16(15)20(26)23(21-17)12-19(24)25;1-13-7-8-14(2)15(11-13)12-18-16-5-3-4-6-17(16)20(25)22(21-18)10-9-19(23)24;1-25-14-6-4-5-13(11-14)12-17-15-7-2-3-8-16(15)19(24)21(20-17)10-9-18(22)23/h4-11,13H,3,12,14H2,1-2H3;1-11H,12-14H2,(H,25,26);2-9,11H,10,12H2,1H3,(H,24,25);3-8,11H,9-10,12H2,1-2H3,(H,23,24);2-8,11H,9-10,12H2,1H3,(H,22,23). The predicted octanol–water partition coefficient (Wildman–Crippen LogP) is 14.8. The molecule has 28 nitrogen and oxygen atoms in total. The Morgan fingerprint density at radius 3 is 1.07 bits per heavy atom. The summed E-state index contributed by atoms with van der Waals surface area (Å²) in [4.78, 5) is 119. The lowest BCUT2D eigenvalue weighted by atomic mass is 9.99. The highest BCUT2D eigenvalue weighted by Crippen LogP contribution is 2.30. The minimum Gasteiger partial charge on any atom is -0.497 e. The lowest BCUT2D eigenvalue weighted by molar-refractivity contribution is -0.144. The van der Waals surface area contributed by atoms with Crippen LogP contribution in [0.4, 0.5) is 0 Å². The molecular formula is C103H94N12O16. The van der Waals surface area contributed by atoms with Crippen LogP contribution in [0.15, 0.2) is 291 Å². The average Bonchev–Trinajstić information content (AvgIpc) is 1.70. The van der Waals surface area contributed by atoms with Gasteiger partial charge in [0.15, 0.2) is 0 Å². The number of carbonyl (C=O) groups excluding carboxylic acids is 1. The summed E-state index contributed by atoms with van der Waals surface area (Å²) in [6.07, 6.45) is 6.47. The maximum atomic E-state index is 12.8. The number of aromatic nitrogens is 12. The fraction of sp³-hybridized carbons (Fsp3) is 0.194. The van der Waals surface area contributed by atoms with Crippen molar-refractivity contribution < 1.29 is 53.9 Å². The number of ether oxygens (including phenoxy) is 2. The molecule has 0 saturated carbocycles. The Hall–Kier alpha value is -16.4. The first-order valence-electron chi connectivity index (χ1n) is 42.5. The molecule has 18 rings (SSSR count). The van der Waals surface area contributed by atoms with E-state index in [2.05, 4.69) is 114 Å². The smallest absolute Gasteiger partial charge is 0.327 e. The summed E-state index contributed by atoms with van der Waals surface area (Å²) >= 11 is 0. The number of benzene rings is 11. The van der Waals surface area contributed by atoms with Crippen LogP contribution in [-0.4, -0.2) is 122 Å². The summed E-state index contributed by atoms with van der Waals surface area (Å²) in [5.41, 5.74) is 12.4. The Bertz CT molecular complexity index is 7730. The molecule has 7 heterocycles. The van der Waals surface area contributed by atoms with Crippen molar-refractivity contribution in [3.63, 3.8) is 0 Å². The van der Waals surface area contributed by atoms with Crippen LogP contribution in [0, 0.1) is 13.8 Å². The SMILES string of the molecule is CCOC(=O)Cn1nc(Cc2cn(C)c3ccccc23)c2ccccc2c1=O.COc1cccc(Cc2nn(CCC(=O)O)c(=O)c3ccccc23)c1.Cc1ccc(C)c(Cc2nn(CCC(=O)O)c(=O)c3ccccc23)c1.Cn1cc(Cc2nn(CC(=O)O)c(=O)c3ccccc23)c2ccccc21.O=C(O)CCn1nc(Cc2cccc3ccccc23)c2ccccc2c1=O. The second-order valence-electron chi connectivity index (χ2n) is 31.5. The molecule has 0 radical (unpaired) electrons.